The molecule has 0 atom stereocenters. The molecule has 1 aromatic carbocycles. The summed E-state index contributed by atoms with van der Waals surface area (Å²) in [7, 11) is -2.09. The van der Waals surface area contributed by atoms with E-state index in [0.29, 0.717) is 23.0 Å². The molecule has 0 fully saturated rings. The fraction of sp³-hybridized carbons (Fsp3) is 0.545. The Morgan fingerprint density at radius 2 is 1.60 bits per heavy atom. The molecule has 0 aromatic heterocycles. The molecule has 0 heterocycles. The number of allylic oxidation sites excluding steroid dienone is 1. The van der Waals surface area contributed by atoms with E-state index in [1.165, 1.54) is 0 Å². The minimum absolute atomic E-state index is 0.0248. The molecule has 138 valence electrons. The van der Waals surface area contributed by atoms with Crippen LogP contribution in [0.3, 0.4) is 0 Å². The molecule has 3 heteroatoms. The topological polar surface area (TPSA) is 26.3 Å². The number of carbonyl (C=O) groups excluding carboxylic acids is 1. The third kappa shape index (κ3) is 6.34. The summed E-state index contributed by atoms with van der Waals surface area (Å²) in [5, 5.41) is 0. The van der Waals surface area contributed by atoms with Gasteiger partial charge in [0.2, 0.25) is 0 Å². The molecular formula is C22H34O2Si. The highest BCUT2D eigenvalue weighted by Gasteiger charge is 2.47. The molecule has 0 aliphatic heterocycles. The number of hydrogen-bond acceptors (Lipinski definition) is 2. The van der Waals surface area contributed by atoms with Gasteiger partial charge in [-0.05, 0) is 47.2 Å². The molecule has 0 spiro atoms. The maximum atomic E-state index is 12.4. The van der Waals surface area contributed by atoms with Crippen molar-refractivity contribution in [3.63, 3.8) is 0 Å². The van der Waals surface area contributed by atoms with E-state index in [-0.39, 0.29) is 5.97 Å². The van der Waals surface area contributed by atoms with Crippen LogP contribution in [0, 0.1) is 0 Å². The van der Waals surface area contributed by atoms with Gasteiger partial charge in [-0.3, -0.25) is 4.79 Å². The van der Waals surface area contributed by atoms with Gasteiger partial charge in [-0.2, -0.15) is 0 Å². The van der Waals surface area contributed by atoms with Crippen molar-refractivity contribution in [3.8, 4) is 0 Å². The maximum absolute atomic E-state index is 12.4. The molecule has 0 N–H and O–H groups in total. The Morgan fingerprint density at radius 3 is 2.12 bits per heavy atom. The lowest BCUT2D eigenvalue weighted by atomic mass is 10.2. The lowest BCUT2D eigenvalue weighted by Gasteiger charge is -2.41. The zero-order chi connectivity index (χ0) is 18.9. The van der Waals surface area contributed by atoms with Gasteiger partial charge < -0.3 is 4.43 Å². The van der Waals surface area contributed by atoms with E-state index in [1.807, 2.05) is 42.5 Å². The Labute approximate surface area is 155 Å². The number of benzene rings is 1. The van der Waals surface area contributed by atoms with E-state index in [0.717, 1.165) is 18.4 Å². The number of rotatable bonds is 9. The fourth-order valence-electron chi connectivity index (χ4n) is 3.74. The molecular weight excluding hydrogens is 324 g/mol. The van der Waals surface area contributed by atoms with Crippen LogP contribution in [-0.2, 0) is 9.22 Å². The summed E-state index contributed by atoms with van der Waals surface area (Å²) in [6.07, 6.45) is 6.11. The summed E-state index contributed by atoms with van der Waals surface area (Å²) in [5.74, 6) is -0.0248. The van der Waals surface area contributed by atoms with E-state index < -0.39 is 8.32 Å². The second-order valence-corrected chi connectivity index (χ2v) is 13.0. The SMILES string of the molecule is CC(C)[Si](OC(=O)CCCC=C=Cc1ccccc1)(C(C)C)C(C)C. The third-order valence-corrected chi connectivity index (χ3v) is 10.9. The van der Waals surface area contributed by atoms with Crippen LogP contribution in [0.2, 0.25) is 16.6 Å². The lowest BCUT2D eigenvalue weighted by Crippen LogP contribution is -2.49. The second kappa shape index (κ2) is 10.4. The van der Waals surface area contributed by atoms with Crippen molar-refractivity contribution in [2.45, 2.75) is 77.4 Å². The summed E-state index contributed by atoms with van der Waals surface area (Å²) in [5.41, 5.74) is 5.63. The normalized spacial score (nSPS) is 11.6. The van der Waals surface area contributed by atoms with Crippen molar-refractivity contribution in [2.75, 3.05) is 0 Å². The van der Waals surface area contributed by atoms with Crippen LogP contribution in [0.15, 0.2) is 42.1 Å². The van der Waals surface area contributed by atoms with Gasteiger partial charge in [0, 0.05) is 6.42 Å². The van der Waals surface area contributed by atoms with Gasteiger partial charge in [0.1, 0.15) is 0 Å². The first-order valence-corrected chi connectivity index (χ1v) is 11.6. The van der Waals surface area contributed by atoms with Crippen LogP contribution in [0.4, 0.5) is 0 Å². The quantitative estimate of drug-likeness (QED) is 0.277. The highest BCUT2D eigenvalue weighted by atomic mass is 28.4. The van der Waals surface area contributed by atoms with Gasteiger partial charge in [-0.15, -0.1) is 5.73 Å². The summed E-state index contributed by atoms with van der Waals surface area (Å²) in [4.78, 5) is 12.4. The molecule has 0 saturated heterocycles. The minimum atomic E-state index is -2.09. The molecule has 0 bridgehead atoms. The Kier molecular flexibility index (Phi) is 8.95. The van der Waals surface area contributed by atoms with Gasteiger partial charge >= 0.3 is 0 Å². The molecule has 2 nitrogen and oxygen atoms in total. The van der Waals surface area contributed by atoms with Crippen molar-refractivity contribution in [3.05, 3.63) is 47.7 Å². The van der Waals surface area contributed by atoms with Crippen molar-refractivity contribution in [1.82, 2.24) is 0 Å². The van der Waals surface area contributed by atoms with Gasteiger partial charge in [-0.1, -0.05) is 71.9 Å². The summed E-state index contributed by atoms with van der Waals surface area (Å²) in [6, 6.07) is 10.1. The minimum Gasteiger partial charge on any atom is -0.518 e. The highest BCUT2D eigenvalue weighted by molar-refractivity contribution is 6.78. The zero-order valence-corrected chi connectivity index (χ0v) is 17.7. The highest BCUT2D eigenvalue weighted by Crippen LogP contribution is 2.42. The van der Waals surface area contributed by atoms with Gasteiger partial charge in [-0.25, -0.2) is 0 Å². The average molecular weight is 359 g/mol. The predicted octanol–water partition coefficient (Wildman–Crippen LogP) is 6.74. The molecule has 0 aliphatic rings. The fourth-order valence-corrected chi connectivity index (χ4v) is 8.94. The third-order valence-electron chi connectivity index (χ3n) is 4.89. The van der Waals surface area contributed by atoms with Crippen molar-refractivity contribution < 1.29 is 9.22 Å². The van der Waals surface area contributed by atoms with Crippen LogP contribution in [0.5, 0.6) is 0 Å². The van der Waals surface area contributed by atoms with Gasteiger partial charge in [0.15, 0.2) is 0 Å². The van der Waals surface area contributed by atoms with Crippen LogP contribution >= 0.6 is 0 Å². The molecule has 0 unspecified atom stereocenters. The smallest absolute Gasteiger partial charge is 0.292 e. The molecule has 0 aliphatic carbocycles. The van der Waals surface area contributed by atoms with Crippen LogP contribution in [0.25, 0.3) is 6.08 Å². The first kappa shape index (κ1) is 21.5. The first-order chi connectivity index (χ1) is 11.8. The Bertz CT molecular complexity index is 560. The van der Waals surface area contributed by atoms with E-state index in [4.69, 9.17) is 4.43 Å². The van der Waals surface area contributed by atoms with Crippen molar-refractivity contribution in [2.24, 2.45) is 0 Å². The second-order valence-electron chi connectivity index (χ2n) is 7.61. The average Bonchev–Trinajstić information content (AvgIpc) is 2.55. The van der Waals surface area contributed by atoms with Crippen molar-refractivity contribution in [1.29, 1.82) is 0 Å². The van der Waals surface area contributed by atoms with E-state index in [1.54, 1.807) is 0 Å². The zero-order valence-electron chi connectivity index (χ0n) is 16.7. The predicted molar refractivity (Wildman–Crippen MR) is 110 cm³/mol. The van der Waals surface area contributed by atoms with Gasteiger partial charge in [0.25, 0.3) is 14.3 Å². The summed E-state index contributed by atoms with van der Waals surface area (Å²) >= 11 is 0. The summed E-state index contributed by atoms with van der Waals surface area (Å²) < 4.78 is 6.16. The van der Waals surface area contributed by atoms with Crippen molar-refractivity contribution >= 4 is 20.4 Å². The van der Waals surface area contributed by atoms with E-state index in [2.05, 4.69) is 47.3 Å². The van der Waals surface area contributed by atoms with Gasteiger partial charge in [0.05, 0.1) is 0 Å². The first-order valence-electron chi connectivity index (χ1n) is 9.48. The lowest BCUT2D eigenvalue weighted by molar-refractivity contribution is -0.135. The molecule has 0 amide bonds. The van der Waals surface area contributed by atoms with Crippen LogP contribution in [-0.4, -0.2) is 14.3 Å². The van der Waals surface area contributed by atoms with Crippen LogP contribution in [0.1, 0.15) is 66.4 Å². The molecule has 25 heavy (non-hydrogen) atoms. The standard InChI is InChI=1S/C22H34O2Si/c1-18(2)25(19(3)4,20(5)6)24-22(23)17-13-8-7-10-14-21-15-11-9-12-16-21/h7,9,11-12,14-16,18-20H,8,13,17H2,1-6H3. The monoisotopic (exact) mass is 358 g/mol. The molecule has 0 saturated carbocycles. The number of carbonyl (C=O) groups is 1. The Morgan fingerprint density at radius 1 is 1.04 bits per heavy atom. The van der Waals surface area contributed by atoms with Crippen LogP contribution < -0.4 is 0 Å². The summed E-state index contributed by atoms with van der Waals surface area (Å²) in [6.45, 7) is 13.2. The molecule has 1 aromatic rings. The molecule has 0 radical (unpaired) electrons. The largest absolute Gasteiger partial charge is 0.518 e. The Hall–Kier alpha value is -1.57. The molecule has 1 rings (SSSR count). The van der Waals surface area contributed by atoms with E-state index >= 15 is 0 Å². The Balaban J connectivity index is 2.52. The number of hydrogen-bond donors (Lipinski definition) is 0. The maximum Gasteiger partial charge on any atom is 0.292 e. The number of unbranched alkanes of at least 4 members (excludes halogenated alkanes) is 1. The van der Waals surface area contributed by atoms with E-state index in [9.17, 15) is 4.79 Å².